The lowest BCUT2D eigenvalue weighted by Crippen LogP contribution is -2.34. The first-order chi connectivity index (χ1) is 15.6. The molecule has 4 heteroatoms. The number of ether oxygens (including phenoxy) is 1. The quantitative estimate of drug-likeness (QED) is 0.135. The van der Waals surface area contributed by atoms with Gasteiger partial charge in [0.2, 0.25) is 0 Å². The number of nitrogens with one attached hydrogen (secondary N) is 1. The van der Waals surface area contributed by atoms with E-state index in [4.69, 9.17) is 4.74 Å². The highest BCUT2D eigenvalue weighted by Gasteiger charge is 2.28. The van der Waals surface area contributed by atoms with Crippen LogP contribution in [0, 0.1) is 0 Å². The first-order valence-electron chi connectivity index (χ1n) is 11.2. The molecule has 0 bridgehead atoms. The van der Waals surface area contributed by atoms with Gasteiger partial charge in [0.25, 0.3) is 0 Å². The van der Waals surface area contributed by atoms with Gasteiger partial charge in [-0.1, -0.05) is 72.8 Å². The Kier molecular flexibility index (Phi) is 8.46. The maximum absolute atomic E-state index is 12.4. The van der Waals surface area contributed by atoms with E-state index >= 15 is 0 Å². The summed E-state index contributed by atoms with van der Waals surface area (Å²) in [7, 11) is -1.55. The highest BCUT2D eigenvalue weighted by Crippen LogP contribution is 2.30. The average molecular weight is 444 g/mol. The summed E-state index contributed by atoms with van der Waals surface area (Å²) in [6.45, 7) is 12.7. The van der Waals surface area contributed by atoms with Crippen LogP contribution in [0.15, 0.2) is 92.6 Å². The number of amides is 1. The lowest BCUT2D eigenvalue weighted by molar-refractivity contribution is 0.140. The minimum Gasteiger partial charge on any atom is -0.445 e. The summed E-state index contributed by atoms with van der Waals surface area (Å²) in [5, 5.41) is 7.47. The zero-order valence-electron chi connectivity index (χ0n) is 18.8. The van der Waals surface area contributed by atoms with E-state index in [-0.39, 0.29) is 12.7 Å². The van der Waals surface area contributed by atoms with Crippen LogP contribution in [0.4, 0.5) is 4.79 Å². The van der Waals surface area contributed by atoms with E-state index in [1.807, 2.05) is 42.5 Å². The van der Waals surface area contributed by atoms with E-state index in [2.05, 4.69) is 55.4 Å². The predicted octanol–water partition coefficient (Wildman–Crippen LogP) is 7.62. The summed E-state index contributed by atoms with van der Waals surface area (Å²) >= 11 is 0. The van der Waals surface area contributed by atoms with Crippen molar-refractivity contribution in [2.75, 3.05) is 6.54 Å². The summed E-state index contributed by atoms with van der Waals surface area (Å²) in [5.41, 5.74) is 1.04. The smallest absolute Gasteiger partial charge is 0.407 e. The molecule has 0 aliphatic rings. The number of benzene rings is 3. The van der Waals surface area contributed by atoms with E-state index in [1.54, 1.807) is 0 Å². The van der Waals surface area contributed by atoms with Gasteiger partial charge in [-0.05, 0) is 52.2 Å². The van der Waals surface area contributed by atoms with Crippen LogP contribution in [0.25, 0.3) is 21.5 Å². The van der Waals surface area contributed by atoms with Gasteiger partial charge in [-0.15, -0.1) is 19.7 Å². The molecule has 3 aromatic carbocycles. The normalized spacial score (nSPS) is 11.2. The molecule has 0 saturated carbocycles. The van der Waals surface area contributed by atoms with Crippen molar-refractivity contribution in [3.05, 3.63) is 98.1 Å². The van der Waals surface area contributed by atoms with Crippen molar-refractivity contribution in [1.82, 2.24) is 5.32 Å². The van der Waals surface area contributed by atoms with Gasteiger partial charge < -0.3 is 10.1 Å². The average Bonchev–Trinajstić information content (AvgIpc) is 2.80. The van der Waals surface area contributed by atoms with Crippen LogP contribution in [-0.2, 0) is 11.3 Å². The number of alkyl carbamates (subject to hydrolysis) is 1. The molecule has 3 aromatic rings. The van der Waals surface area contributed by atoms with Crippen LogP contribution >= 0.6 is 0 Å². The lowest BCUT2D eigenvalue weighted by Gasteiger charge is -2.28. The van der Waals surface area contributed by atoms with Crippen molar-refractivity contribution in [2.45, 2.75) is 37.2 Å². The van der Waals surface area contributed by atoms with Crippen LogP contribution in [0.5, 0.6) is 0 Å². The van der Waals surface area contributed by atoms with Crippen LogP contribution in [-0.4, -0.2) is 20.7 Å². The van der Waals surface area contributed by atoms with E-state index in [9.17, 15) is 4.79 Å². The maximum atomic E-state index is 12.4. The molecule has 3 rings (SSSR count). The predicted molar refractivity (Wildman–Crippen MR) is 140 cm³/mol. The Morgan fingerprint density at radius 2 is 1.41 bits per heavy atom. The van der Waals surface area contributed by atoms with Gasteiger partial charge in [0.05, 0.1) is 8.07 Å². The van der Waals surface area contributed by atoms with Gasteiger partial charge in [0, 0.05) is 12.1 Å². The van der Waals surface area contributed by atoms with Crippen molar-refractivity contribution in [1.29, 1.82) is 0 Å². The van der Waals surface area contributed by atoms with Crippen LogP contribution in [0.1, 0.15) is 12.0 Å². The molecule has 32 heavy (non-hydrogen) atoms. The standard InChI is InChI=1S/C28H33NO2Si/c1-4-17-32(18-5-2,19-6-3)20-11-16-29-28(30)31-22-27-25-14-9-7-12-23(25)21-24-13-8-10-15-26(24)27/h4-10,12-15,21H,1-3,11,16-20,22H2,(H,29,30). The van der Waals surface area contributed by atoms with E-state index in [1.165, 1.54) is 0 Å². The summed E-state index contributed by atoms with van der Waals surface area (Å²) in [4.78, 5) is 12.4. The van der Waals surface area contributed by atoms with Gasteiger partial charge >= 0.3 is 6.09 Å². The first-order valence-corrected chi connectivity index (χ1v) is 14.1. The number of hydrogen-bond donors (Lipinski definition) is 1. The summed E-state index contributed by atoms with van der Waals surface area (Å²) in [6, 6.07) is 22.9. The molecule has 0 aromatic heterocycles. The second kappa shape index (κ2) is 11.5. The van der Waals surface area contributed by atoms with E-state index < -0.39 is 8.07 Å². The third kappa shape index (κ3) is 5.77. The largest absolute Gasteiger partial charge is 0.445 e. The summed E-state index contributed by atoms with van der Waals surface area (Å²) < 4.78 is 5.63. The third-order valence-corrected chi connectivity index (χ3v) is 11.0. The van der Waals surface area contributed by atoms with Crippen molar-refractivity contribution in [3.63, 3.8) is 0 Å². The molecular weight excluding hydrogens is 410 g/mol. The monoisotopic (exact) mass is 443 g/mol. The summed E-state index contributed by atoms with van der Waals surface area (Å²) in [5.74, 6) is 0. The number of fused-ring (bicyclic) bond motifs is 2. The second-order valence-corrected chi connectivity index (χ2v) is 13.1. The Hall–Kier alpha value is -3.11. The van der Waals surface area contributed by atoms with Crippen LogP contribution < -0.4 is 5.32 Å². The number of carbonyl (C=O) groups excluding carboxylic acids is 1. The molecule has 3 nitrogen and oxygen atoms in total. The number of carbonyl (C=O) groups is 1. The topological polar surface area (TPSA) is 38.3 Å². The van der Waals surface area contributed by atoms with Gasteiger partial charge in [-0.25, -0.2) is 4.79 Å². The van der Waals surface area contributed by atoms with E-state index in [0.717, 1.165) is 57.7 Å². The van der Waals surface area contributed by atoms with Gasteiger partial charge in [-0.2, -0.15) is 0 Å². The van der Waals surface area contributed by atoms with Gasteiger partial charge in [-0.3, -0.25) is 0 Å². The van der Waals surface area contributed by atoms with Crippen molar-refractivity contribution in [2.24, 2.45) is 0 Å². The highest BCUT2D eigenvalue weighted by molar-refractivity contribution is 6.81. The SMILES string of the molecule is C=CC[Si](CC=C)(CC=C)CCCNC(=O)OCc1c2ccccc2cc2ccccc12. The van der Waals surface area contributed by atoms with E-state index in [0.29, 0.717) is 6.54 Å². The Labute approximate surface area is 192 Å². The molecule has 166 valence electrons. The molecule has 0 fully saturated rings. The number of rotatable bonds is 12. The minimum absolute atomic E-state index is 0.246. The van der Waals surface area contributed by atoms with Crippen LogP contribution in [0.2, 0.25) is 24.2 Å². The fraction of sp³-hybridized carbons (Fsp3) is 0.250. The Balaban J connectivity index is 1.60. The van der Waals surface area contributed by atoms with Gasteiger partial charge in [0.15, 0.2) is 0 Å². The zero-order chi connectivity index (χ0) is 22.8. The third-order valence-electron chi connectivity index (χ3n) is 6.12. The molecule has 1 N–H and O–H groups in total. The number of hydrogen-bond acceptors (Lipinski definition) is 2. The molecule has 0 saturated heterocycles. The molecule has 0 unspecified atom stereocenters. The molecule has 1 amide bonds. The Morgan fingerprint density at radius 3 is 1.94 bits per heavy atom. The van der Waals surface area contributed by atoms with Gasteiger partial charge in [0.1, 0.15) is 6.61 Å². The fourth-order valence-electron chi connectivity index (χ4n) is 4.58. The number of allylic oxidation sites excluding steroid dienone is 3. The Morgan fingerprint density at radius 1 is 0.875 bits per heavy atom. The fourth-order valence-corrected chi connectivity index (χ4v) is 8.46. The van der Waals surface area contributed by atoms with Crippen molar-refractivity contribution >= 4 is 35.7 Å². The zero-order valence-corrected chi connectivity index (χ0v) is 19.8. The second-order valence-electron chi connectivity index (χ2n) is 8.38. The first kappa shape index (κ1) is 23.5. The lowest BCUT2D eigenvalue weighted by atomic mass is 9.97. The summed E-state index contributed by atoms with van der Waals surface area (Å²) in [6.07, 6.45) is 6.62. The molecule has 0 radical (unpaired) electrons. The van der Waals surface area contributed by atoms with Crippen molar-refractivity contribution < 1.29 is 9.53 Å². The molecular formula is C28H33NO2Si. The molecule has 0 aliphatic carbocycles. The van der Waals surface area contributed by atoms with Crippen molar-refractivity contribution in [3.8, 4) is 0 Å². The molecule has 0 heterocycles. The highest BCUT2D eigenvalue weighted by atomic mass is 28.3. The minimum atomic E-state index is -1.55. The molecule has 0 atom stereocenters. The molecule has 0 spiro atoms. The van der Waals surface area contributed by atoms with Crippen LogP contribution in [0.3, 0.4) is 0 Å². The molecule has 0 aliphatic heterocycles. The Bertz CT molecular complexity index is 1020. The maximum Gasteiger partial charge on any atom is 0.407 e.